The molecule has 0 spiro atoms. The van der Waals surface area contributed by atoms with Crippen LogP contribution in [0.2, 0.25) is 5.02 Å². The molecule has 0 aromatic heterocycles. The lowest BCUT2D eigenvalue weighted by Crippen LogP contribution is -2.27. The Bertz CT molecular complexity index is 438. The molecule has 0 saturated heterocycles. The van der Waals surface area contributed by atoms with Gasteiger partial charge in [0.25, 0.3) is 0 Å². The fourth-order valence-corrected chi connectivity index (χ4v) is 1.45. The molecule has 0 radical (unpaired) electrons. The van der Waals surface area contributed by atoms with E-state index in [0.717, 1.165) is 0 Å². The molecule has 0 aliphatic heterocycles. The summed E-state index contributed by atoms with van der Waals surface area (Å²) in [6, 6.07) is 2.47. The van der Waals surface area contributed by atoms with Crippen molar-refractivity contribution < 1.29 is 15.0 Å². The van der Waals surface area contributed by atoms with Crippen molar-refractivity contribution in [1.82, 2.24) is 4.90 Å². The summed E-state index contributed by atoms with van der Waals surface area (Å²) in [4.78, 5) is 12.8. The smallest absolute Gasteiger partial charge is 0.321 e. The highest BCUT2D eigenvalue weighted by Gasteiger charge is 2.11. The van der Waals surface area contributed by atoms with Crippen molar-refractivity contribution in [1.29, 1.82) is 0 Å². The van der Waals surface area contributed by atoms with Crippen LogP contribution >= 0.6 is 11.6 Å². The fraction of sp³-hybridized carbons (Fsp3) is 0.364. The summed E-state index contributed by atoms with van der Waals surface area (Å²) in [7, 11) is 3.18. The molecule has 1 rings (SSSR count). The molecule has 0 aliphatic carbocycles. The van der Waals surface area contributed by atoms with Gasteiger partial charge in [0, 0.05) is 26.7 Å². The van der Waals surface area contributed by atoms with Crippen molar-refractivity contribution in [2.45, 2.75) is 0 Å². The van der Waals surface area contributed by atoms with E-state index in [1.165, 1.54) is 17.0 Å². The minimum absolute atomic E-state index is 0.0454. The Morgan fingerprint density at radius 2 is 2.06 bits per heavy atom. The number of aliphatic hydroxyl groups is 1. The van der Waals surface area contributed by atoms with Crippen molar-refractivity contribution in [3.8, 4) is 5.75 Å². The SMILES string of the molecule is CN(C)C(=O)Nc1cc(Cl)c(NCCO)cc1O. The van der Waals surface area contributed by atoms with E-state index >= 15 is 0 Å². The molecular weight excluding hydrogens is 258 g/mol. The number of anilines is 2. The molecule has 1 aromatic rings. The van der Waals surface area contributed by atoms with Crippen LogP contribution < -0.4 is 10.6 Å². The quantitative estimate of drug-likeness (QED) is 0.627. The summed E-state index contributed by atoms with van der Waals surface area (Å²) in [6.07, 6.45) is 0. The van der Waals surface area contributed by atoms with Crippen LogP contribution in [0.5, 0.6) is 5.75 Å². The first-order valence-electron chi connectivity index (χ1n) is 5.31. The molecular formula is C11H16ClN3O3. The number of nitrogens with zero attached hydrogens (tertiary/aromatic N) is 1. The normalized spacial score (nSPS) is 10.0. The molecule has 0 atom stereocenters. The Kier molecular flexibility index (Phi) is 5.06. The van der Waals surface area contributed by atoms with Crippen molar-refractivity contribution in [2.75, 3.05) is 37.9 Å². The molecule has 0 saturated carbocycles. The van der Waals surface area contributed by atoms with Gasteiger partial charge in [-0.1, -0.05) is 11.6 Å². The van der Waals surface area contributed by atoms with E-state index in [2.05, 4.69) is 10.6 Å². The van der Waals surface area contributed by atoms with E-state index in [0.29, 0.717) is 17.3 Å². The van der Waals surface area contributed by atoms with E-state index in [4.69, 9.17) is 16.7 Å². The number of aliphatic hydroxyl groups excluding tert-OH is 1. The summed E-state index contributed by atoms with van der Waals surface area (Å²) >= 11 is 5.98. The zero-order valence-electron chi connectivity index (χ0n) is 10.2. The number of benzene rings is 1. The minimum Gasteiger partial charge on any atom is -0.506 e. The Morgan fingerprint density at radius 3 is 2.61 bits per heavy atom. The van der Waals surface area contributed by atoms with E-state index in [9.17, 15) is 9.90 Å². The molecule has 18 heavy (non-hydrogen) atoms. The molecule has 0 aliphatic rings. The molecule has 6 nitrogen and oxygen atoms in total. The number of phenols is 1. The van der Waals surface area contributed by atoms with Crippen LogP contribution in [0, 0.1) is 0 Å². The van der Waals surface area contributed by atoms with Gasteiger partial charge in [-0.05, 0) is 6.07 Å². The predicted molar refractivity (Wildman–Crippen MR) is 71.4 cm³/mol. The third-order valence-electron chi connectivity index (χ3n) is 2.16. The van der Waals surface area contributed by atoms with Crippen LogP contribution in [0.25, 0.3) is 0 Å². The van der Waals surface area contributed by atoms with Gasteiger partial charge in [0.15, 0.2) is 0 Å². The summed E-state index contributed by atoms with van der Waals surface area (Å²) in [5.74, 6) is -0.102. The van der Waals surface area contributed by atoms with E-state index in [1.807, 2.05) is 0 Å². The number of halogens is 1. The zero-order valence-corrected chi connectivity index (χ0v) is 11.0. The maximum atomic E-state index is 11.4. The number of carbonyl (C=O) groups is 1. The Labute approximate surface area is 110 Å². The van der Waals surface area contributed by atoms with Gasteiger partial charge in [-0.15, -0.1) is 0 Å². The fourth-order valence-electron chi connectivity index (χ4n) is 1.21. The molecule has 0 heterocycles. The van der Waals surface area contributed by atoms with E-state index in [-0.39, 0.29) is 24.1 Å². The standard InChI is InChI=1S/C11H16ClN3O3/c1-15(2)11(18)14-9-5-7(12)8(6-10(9)17)13-3-4-16/h5-6,13,16-17H,3-4H2,1-2H3,(H,14,18). The largest absolute Gasteiger partial charge is 0.506 e. The van der Waals surface area contributed by atoms with Gasteiger partial charge < -0.3 is 25.7 Å². The Morgan fingerprint density at radius 1 is 1.39 bits per heavy atom. The first-order chi connectivity index (χ1) is 8.45. The average Bonchev–Trinajstić information content (AvgIpc) is 2.31. The van der Waals surface area contributed by atoms with Crippen LogP contribution in [-0.4, -0.2) is 48.4 Å². The second-order valence-electron chi connectivity index (χ2n) is 3.82. The summed E-state index contributed by atoms with van der Waals surface area (Å²) in [6.45, 7) is 0.277. The Balaban J connectivity index is 2.89. The van der Waals surface area contributed by atoms with E-state index < -0.39 is 0 Å². The maximum Gasteiger partial charge on any atom is 0.321 e. The number of rotatable bonds is 4. The van der Waals surface area contributed by atoms with Crippen LogP contribution in [0.3, 0.4) is 0 Å². The average molecular weight is 274 g/mol. The monoisotopic (exact) mass is 273 g/mol. The van der Waals surface area contributed by atoms with Crippen molar-refractivity contribution in [3.63, 3.8) is 0 Å². The van der Waals surface area contributed by atoms with Crippen molar-refractivity contribution >= 4 is 29.0 Å². The van der Waals surface area contributed by atoms with Gasteiger partial charge >= 0.3 is 6.03 Å². The number of carbonyl (C=O) groups excluding carboxylic acids is 1. The number of phenolic OH excluding ortho intramolecular Hbond substituents is 1. The maximum absolute atomic E-state index is 11.4. The predicted octanol–water partition coefficient (Wildman–Crippen LogP) is 1.54. The first kappa shape index (κ1) is 14.4. The highest BCUT2D eigenvalue weighted by atomic mass is 35.5. The molecule has 4 N–H and O–H groups in total. The highest BCUT2D eigenvalue weighted by molar-refractivity contribution is 6.33. The van der Waals surface area contributed by atoms with Crippen molar-refractivity contribution in [3.05, 3.63) is 17.2 Å². The molecule has 100 valence electrons. The van der Waals surface area contributed by atoms with Gasteiger partial charge in [-0.3, -0.25) is 0 Å². The number of aromatic hydroxyl groups is 1. The summed E-state index contributed by atoms with van der Waals surface area (Å²) in [5.41, 5.74) is 0.722. The third-order valence-corrected chi connectivity index (χ3v) is 2.47. The lowest BCUT2D eigenvalue weighted by Gasteiger charge is -2.15. The lowest BCUT2D eigenvalue weighted by molar-refractivity contribution is 0.230. The first-order valence-corrected chi connectivity index (χ1v) is 5.69. The molecule has 0 unspecified atom stereocenters. The topological polar surface area (TPSA) is 84.8 Å². The van der Waals surface area contributed by atoms with E-state index in [1.54, 1.807) is 14.1 Å². The number of urea groups is 1. The highest BCUT2D eigenvalue weighted by Crippen LogP contribution is 2.33. The van der Waals surface area contributed by atoms with Gasteiger partial charge in [-0.2, -0.15) is 0 Å². The number of hydrogen-bond donors (Lipinski definition) is 4. The van der Waals surface area contributed by atoms with Crippen LogP contribution in [0.15, 0.2) is 12.1 Å². The van der Waals surface area contributed by atoms with Gasteiger partial charge in [0.05, 0.1) is 23.0 Å². The second-order valence-corrected chi connectivity index (χ2v) is 4.23. The molecule has 7 heteroatoms. The van der Waals surface area contributed by atoms with Crippen LogP contribution in [0.1, 0.15) is 0 Å². The molecule has 0 bridgehead atoms. The van der Waals surface area contributed by atoms with Crippen molar-refractivity contribution in [2.24, 2.45) is 0 Å². The summed E-state index contributed by atoms with van der Waals surface area (Å²) in [5, 5.41) is 24.1. The third kappa shape index (κ3) is 3.68. The van der Waals surface area contributed by atoms with Gasteiger partial charge in [-0.25, -0.2) is 4.79 Å². The Hall–Kier alpha value is -1.66. The molecule has 1 aromatic carbocycles. The number of nitrogens with one attached hydrogen (secondary N) is 2. The number of amides is 2. The zero-order chi connectivity index (χ0) is 13.7. The van der Waals surface area contributed by atoms with Gasteiger partial charge in [0.1, 0.15) is 5.75 Å². The second kappa shape index (κ2) is 6.32. The molecule has 2 amide bonds. The van der Waals surface area contributed by atoms with Crippen LogP contribution in [-0.2, 0) is 0 Å². The minimum atomic E-state index is -0.363. The molecule has 0 fully saturated rings. The van der Waals surface area contributed by atoms with Crippen LogP contribution in [0.4, 0.5) is 16.2 Å². The number of hydrogen-bond acceptors (Lipinski definition) is 4. The van der Waals surface area contributed by atoms with Gasteiger partial charge in [0.2, 0.25) is 0 Å². The lowest BCUT2D eigenvalue weighted by atomic mass is 10.2. The summed E-state index contributed by atoms with van der Waals surface area (Å²) < 4.78 is 0.